The standard InChI is InChI=1S/C24H24N4O3S2/c29-23(25-15-20-17-27-13-14-32-24(27)26-20)19-11-12-22(18-7-3-1-4-8-18)28(16-19)33(30,31)21-9-5-2-6-10-21/h1-10,13-14,17,19,22H,11-12,15-16H2,(H,25,29). The van der Waals surface area contributed by atoms with Gasteiger partial charge in [-0.3, -0.25) is 9.20 Å². The van der Waals surface area contributed by atoms with Crippen molar-refractivity contribution >= 4 is 32.2 Å². The van der Waals surface area contributed by atoms with Gasteiger partial charge < -0.3 is 5.32 Å². The first-order valence-electron chi connectivity index (χ1n) is 10.8. The molecule has 0 saturated carbocycles. The smallest absolute Gasteiger partial charge is 0.243 e. The number of carbonyl (C=O) groups excluding carboxylic acids is 1. The van der Waals surface area contributed by atoms with Crippen LogP contribution in [0.1, 0.15) is 30.1 Å². The van der Waals surface area contributed by atoms with Gasteiger partial charge in [0.2, 0.25) is 15.9 Å². The van der Waals surface area contributed by atoms with Crippen molar-refractivity contribution in [1.29, 1.82) is 0 Å². The van der Waals surface area contributed by atoms with Crippen LogP contribution in [0.5, 0.6) is 0 Å². The van der Waals surface area contributed by atoms with Crippen LogP contribution in [0.25, 0.3) is 4.96 Å². The molecule has 170 valence electrons. The molecule has 0 aliphatic carbocycles. The van der Waals surface area contributed by atoms with Crippen LogP contribution in [-0.4, -0.2) is 34.6 Å². The average Bonchev–Trinajstić information content (AvgIpc) is 3.45. The van der Waals surface area contributed by atoms with Gasteiger partial charge in [0.15, 0.2) is 4.96 Å². The van der Waals surface area contributed by atoms with Crippen molar-refractivity contribution in [3.05, 3.63) is 89.7 Å². The van der Waals surface area contributed by atoms with E-state index in [0.717, 1.165) is 16.2 Å². The van der Waals surface area contributed by atoms with Gasteiger partial charge in [0.1, 0.15) is 0 Å². The number of aromatic nitrogens is 2. The van der Waals surface area contributed by atoms with E-state index >= 15 is 0 Å². The number of nitrogens with one attached hydrogen (secondary N) is 1. The molecule has 1 N–H and O–H groups in total. The van der Waals surface area contributed by atoms with E-state index in [2.05, 4.69) is 10.3 Å². The first kappa shape index (κ1) is 21.8. The normalized spacial score (nSPS) is 19.5. The number of nitrogens with zero attached hydrogens (tertiary/aromatic N) is 3. The van der Waals surface area contributed by atoms with Crippen LogP contribution in [0.2, 0.25) is 0 Å². The third kappa shape index (κ3) is 4.44. The molecule has 0 bridgehead atoms. The molecule has 2 atom stereocenters. The van der Waals surface area contributed by atoms with Crippen molar-refractivity contribution in [2.24, 2.45) is 5.92 Å². The van der Waals surface area contributed by atoms with Crippen LogP contribution < -0.4 is 5.32 Å². The second-order valence-electron chi connectivity index (χ2n) is 8.13. The van der Waals surface area contributed by atoms with Gasteiger partial charge in [-0.15, -0.1) is 11.3 Å². The minimum Gasteiger partial charge on any atom is -0.350 e. The number of piperidine rings is 1. The van der Waals surface area contributed by atoms with Crippen molar-refractivity contribution in [3.63, 3.8) is 0 Å². The Morgan fingerprint density at radius 2 is 1.79 bits per heavy atom. The lowest BCUT2D eigenvalue weighted by atomic mass is 9.90. The third-order valence-corrected chi connectivity index (χ3v) is 8.69. The summed E-state index contributed by atoms with van der Waals surface area (Å²) in [5.74, 6) is -0.571. The lowest BCUT2D eigenvalue weighted by molar-refractivity contribution is -0.126. The summed E-state index contributed by atoms with van der Waals surface area (Å²) in [6.45, 7) is 0.457. The maximum atomic E-state index is 13.6. The maximum absolute atomic E-state index is 13.6. The molecule has 0 radical (unpaired) electrons. The summed E-state index contributed by atoms with van der Waals surface area (Å²) in [7, 11) is -3.76. The van der Waals surface area contributed by atoms with E-state index in [-0.39, 0.29) is 23.4 Å². The van der Waals surface area contributed by atoms with Gasteiger partial charge in [0.25, 0.3) is 0 Å². The Balaban J connectivity index is 1.36. The molecule has 2 unspecified atom stereocenters. The van der Waals surface area contributed by atoms with Gasteiger partial charge >= 0.3 is 0 Å². The van der Waals surface area contributed by atoms with Crippen molar-refractivity contribution in [2.75, 3.05) is 6.54 Å². The number of imidazole rings is 1. The molecule has 1 aliphatic heterocycles. The molecular formula is C24H24N4O3S2. The first-order chi connectivity index (χ1) is 16.0. The van der Waals surface area contributed by atoms with E-state index in [0.29, 0.717) is 19.4 Å². The number of thiazole rings is 1. The van der Waals surface area contributed by atoms with Gasteiger partial charge in [0, 0.05) is 24.3 Å². The fourth-order valence-corrected chi connectivity index (χ4v) is 6.77. The van der Waals surface area contributed by atoms with Gasteiger partial charge in [-0.25, -0.2) is 13.4 Å². The number of amides is 1. The zero-order chi connectivity index (χ0) is 22.8. The molecule has 2 aromatic heterocycles. The van der Waals surface area contributed by atoms with Gasteiger partial charge in [-0.05, 0) is 30.5 Å². The molecule has 1 saturated heterocycles. The number of sulfonamides is 1. The number of fused-ring (bicyclic) bond motifs is 1. The van der Waals surface area contributed by atoms with E-state index in [1.54, 1.807) is 30.3 Å². The number of carbonyl (C=O) groups is 1. The summed E-state index contributed by atoms with van der Waals surface area (Å²) in [5, 5.41) is 4.91. The van der Waals surface area contributed by atoms with E-state index in [9.17, 15) is 13.2 Å². The largest absolute Gasteiger partial charge is 0.350 e. The molecule has 2 aromatic carbocycles. The Morgan fingerprint density at radius 3 is 2.52 bits per heavy atom. The number of rotatable bonds is 6. The molecule has 7 nitrogen and oxygen atoms in total. The number of benzene rings is 2. The van der Waals surface area contributed by atoms with Crippen molar-refractivity contribution in [3.8, 4) is 0 Å². The van der Waals surface area contributed by atoms with Crippen LogP contribution in [0, 0.1) is 5.92 Å². The zero-order valence-electron chi connectivity index (χ0n) is 17.9. The monoisotopic (exact) mass is 480 g/mol. The summed E-state index contributed by atoms with van der Waals surface area (Å²) in [6.07, 6.45) is 5.01. The highest BCUT2D eigenvalue weighted by molar-refractivity contribution is 7.89. The van der Waals surface area contributed by atoms with E-state index in [1.807, 2.05) is 52.5 Å². The lowest BCUT2D eigenvalue weighted by Crippen LogP contribution is -2.46. The Labute approximate surface area is 196 Å². The Hall–Kier alpha value is -3.01. The SMILES string of the molecule is O=C(NCc1cn2ccsc2n1)C1CCC(c2ccccc2)N(S(=O)(=O)c2ccccc2)C1. The number of hydrogen-bond acceptors (Lipinski definition) is 5. The van der Waals surface area contributed by atoms with Crippen LogP contribution >= 0.6 is 11.3 Å². The second kappa shape index (κ2) is 9.09. The summed E-state index contributed by atoms with van der Waals surface area (Å²) >= 11 is 1.54. The number of hydrogen-bond donors (Lipinski definition) is 1. The highest BCUT2D eigenvalue weighted by Gasteiger charge is 2.39. The van der Waals surface area contributed by atoms with Crippen LogP contribution in [0.15, 0.2) is 83.3 Å². The minimum absolute atomic E-state index is 0.140. The quantitative estimate of drug-likeness (QED) is 0.454. The van der Waals surface area contributed by atoms with Crippen LogP contribution in [0.3, 0.4) is 0 Å². The van der Waals surface area contributed by atoms with E-state index < -0.39 is 15.9 Å². The first-order valence-corrected chi connectivity index (χ1v) is 13.1. The molecule has 33 heavy (non-hydrogen) atoms. The highest BCUT2D eigenvalue weighted by Crippen LogP contribution is 2.37. The minimum atomic E-state index is -3.76. The summed E-state index contributed by atoms with van der Waals surface area (Å²) in [5.41, 5.74) is 1.72. The van der Waals surface area contributed by atoms with E-state index in [1.165, 1.54) is 15.6 Å². The molecular weight excluding hydrogens is 456 g/mol. The van der Waals surface area contributed by atoms with Crippen molar-refractivity contribution in [1.82, 2.24) is 19.0 Å². The highest BCUT2D eigenvalue weighted by atomic mass is 32.2. The summed E-state index contributed by atoms with van der Waals surface area (Å²) in [6, 6.07) is 17.8. The molecule has 1 fully saturated rings. The lowest BCUT2D eigenvalue weighted by Gasteiger charge is -2.38. The molecule has 0 spiro atoms. The van der Waals surface area contributed by atoms with Gasteiger partial charge in [0.05, 0.1) is 29.1 Å². The Kier molecular flexibility index (Phi) is 6.01. The Bertz CT molecular complexity index is 1320. The zero-order valence-corrected chi connectivity index (χ0v) is 19.5. The van der Waals surface area contributed by atoms with Gasteiger partial charge in [-0.1, -0.05) is 48.5 Å². The maximum Gasteiger partial charge on any atom is 0.243 e. The van der Waals surface area contributed by atoms with E-state index in [4.69, 9.17) is 0 Å². The third-order valence-electron chi connectivity index (χ3n) is 6.03. The van der Waals surface area contributed by atoms with Gasteiger partial charge in [-0.2, -0.15) is 4.31 Å². The molecule has 5 rings (SSSR count). The average molecular weight is 481 g/mol. The topological polar surface area (TPSA) is 83.8 Å². The molecule has 4 aromatic rings. The molecule has 3 heterocycles. The van der Waals surface area contributed by atoms with Crippen molar-refractivity contribution in [2.45, 2.75) is 30.3 Å². The van der Waals surface area contributed by atoms with Crippen molar-refractivity contribution < 1.29 is 13.2 Å². The predicted octanol–water partition coefficient (Wildman–Crippen LogP) is 3.85. The molecule has 1 aliphatic rings. The molecule has 9 heteroatoms. The van der Waals surface area contributed by atoms with Crippen LogP contribution in [0.4, 0.5) is 0 Å². The fourth-order valence-electron chi connectivity index (χ4n) is 4.34. The second-order valence-corrected chi connectivity index (χ2v) is 10.9. The molecule has 1 amide bonds. The fraction of sp³-hybridized carbons (Fsp3) is 0.250. The summed E-state index contributed by atoms with van der Waals surface area (Å²) < 4.78 is 30.6. The predicted molar refractivity (Wildman–Crippen MR) is 127 cm³/mol. The van der Waals surface area contributed by atoms with Crippen LogP contribution in [-0.2, 0) is 21.4 Å². The Morgan fingerprint density at radius 1 is 1.06 bits per heavy atom. The summed E-state index contributed by atoms with van der Waals surface area (Å²) in [4.78, 5) is 18.6.